The van der Waals surface area contributed by atoms with Gasteiger partial charge in [-0.1, -0.05) is 11.6 Å². The summed E-state index contributed by atoms with van der Waals surface area (Å²) in [5.41, 5.74) is 0.538. The number of rotatable bonds is 5. The number of hydrogen-bond donors (Lipinski definition) is 1. The van der Waals surface area contributed by atoms with Gasteiger partial charge in [0.2, 0.25) is 5.91 Å². The van der Waals surface area contributed by atoms with Gasteiger partial charge in [0.15, 0.2) is 5.03 Å². The minimum absolute atomic E-state index is 0.00649. The van der Waals surface area contributed by atoms with Gasteiger partial charge in [0.05, 0.1) is 24.4 Å². The molecule has 0 radical (unpaired) electrons. The molecule has 1 aromatic heterocycles. The van der Waals surface area contributed by atoms with Crippen LogP contribution in [0.4, 0.5) is 5.69 Å². The summed E-state index contributed by atoms with van der Waals surface area (Å²) in [7, 11) is -0.494. The molecule has 0 unspecified atom stereocenters. The Balaban J connectivity index is 1.70. The zero-order valence-electron chi connectivity index (χ0n) is 15.1. The fourth-order valence-electron chi connectivity index (χ4n) is 3.02. The second-order valence-electron chi connectivity index (χ2n) is 6.42. The number of methoxy groups -OCH3 is 1. The highest BCUT2D eigenvalue weighted by atomic mass is 35.5. The lowest BCUT2D eigenvalue weighted by molar-refractivity contribution is -0.120. The average Bonchev–Trinajstić information content (AvgIpc) is 3.09. The Hall–Kier alpha value is -2.10. The van der Waals surface area contributed by atoms with Crippen molar-refractivity contribution in [2.75, 3.05) is 25.5 Å². The number of benzene rings is 1. The van der Waals surface area contributed by atoms with E-state index in [0.29, 0.717) is 35.8 Å². The van der Waals surface area contributed by atoms with Crippen molar-refractivity contribution in [3.8, 4) is 5.75 Å². The van der Waals surface area contributed by atoms with E-state index in [1.54, 1.807) is 29.8 Å². The molecular weight excluding hydrogens is 392 g/mol. The maximum Gasteiger partial charge on any atom is 0.262 e. The predicted molar refractivity (Wildman–Crippen MR) is 101 cm³/mol. The number of anilines is 1. The van der Waals surface area contributed by atoms with Gasteiger partial charge >= 0.3 is 0 Å². The summed E-state index contributed by atoms with van der Waals surface area (Å²) < 4.78 is 33.5. The summed E-state index contributed by atoms with van der Waals surface area (Å²) in [5.74, 6) is -0.171. The molecule has 0 spiro atoms. The topological polar surface area (TPSA) is 93.5 Å². The number of aromatic nitrogens is 2. The Bertz CT molecular complexity index is 944. The molecule has 10 heteroatoms. The van der Waals surface area contributed by atoms with E-state index in [1.165, 1.54) is 23.9 Å². The number of sulfonamides is 1. The van der Waals surface area contributed by atoms with E-state index in [4.69, 9.17) is 16.3 Å². The SMILES string of the molecule is COc1ccc(NC(=O)[C@H]2CCCN(S(=O)(=O)c3cn(C)cn3)C2)cc1Cl. The van der Waals surface area contributed by atoms with Crippen molar-refractivity contribution in [1.29, 1.82) is 0 Å². The lowest BCUT2D eigenvalue weighted by Crippen LogP contribution is -2.43. The molecule has 3 rings (SSSR count). The molecule has 8 nitrogen and oxygen atoms in total. The number of imidazole rings is 1. The molecule has 1 amide bonds. The first-order valence-electron chi connectivity index (χ1n) is 8.44. The van der Waals surface area contributed by atoms with Gasteiger partial charge in [-0.15, -0.1) is 0 Å². The number of piperidine rings is 1. The maximum atomic E-state index is 12.7. The summed E-state index contributed by atoms with van der Waals surface area (Å²) >= 11 is 6.08. The second-order valence-corrected chi connectivity index (χ2v) is 8.71. The number of hydrogen-bond acceptors (Lipinski definition) is 5. The van der Waals surface area contributed by atoms with Gasteiger partial charge in [-0.25, -0.2) is 13.4 Å². The van der Waals surface area contributed by atoms with Gasteiger partial charge in [0.1, 0.15) is 5.75 Å². The quantitative estimate of drug-likeness (QED) is 0.811. The van der Waals surface area contributed by atoms with Crippen LogP contribution in [0.1, 0.15) is 12.8 Å². The molecule has 2 heterocycles. The average molecular weight is 413 g/mol. The van der Waals surface area contributed by atoms with E-state index in [9.17, 15) is 13.2 Å². The first kappa shape index (κ1) is 19.7. The first-order chi connectivity index (χ1) is 12.8. The van der Waals surface area contributed by atoms with Crippen LogP contribution in [0, 0.1) is 5.92 Å². The molecule has 146 valence electrons. The van der Waals surface area contributed by atoms with Crippen LogP contribution in [-0.2, 0) is 21.9 Å². The van der Waals surface area contributed by atoms with Gasteiger partial charge in [-0.05, 0) is 31.0 Å². The number of carbonyl (C=O) groups excluding carboxylic acids is 1. The molecule has 1 aliphatic rings. The van der Waals surface area contributed by atoms with Crippen molar-refractivity contribution < 1.29 is 17.9 Å². The second kappa shape index (κ2) is 7.87. The predicted octanol–water partition coefficient (Wildman–Crippen LogP) is 2.12. The Kier molecular flexibility index (Phi) is 5.73. The van der Waals surface area contributed by atoms with E-state index in [0.717, 1.165) is 0 Å². The van der Waals surface area contributed by atoms with Gasteiger partial charge in [0, 0.05) is 32.0 Å². The van der Waals surface area contributed by atoms with Crippen molar-refractivity contribution in [3.63, 3.8) is 0 Å². The van der Waals surface area contributed by atoms with Crippen LogP contribution in [0.3, 0.4) is 0 Å². The standard InChI is InChI=1S/C17H21ClN4O4S/c1-21-10-16(19-11-21)27(24,25)22-7-3-4-12(9-22)17(23)20-13-5-6-15(26-2)14(18)8-13/h5-6,8,10-12H,3-4,7,9H2,1-2H3,(H,20,23)/t12-/m0/s1. The van der Waals surface area contributed by atoms with Crippen molar-refractivity contribution in [3.05, 3.63) is 35.7 Å². The number of amides is 1. The molecule has 1 N–H and O–H groups in total. The summed E-state index contributed by atoms with van der Waals surface area (Å²) in [6.45, 7) is 0.492. The first-order valence-corrected chi connectivity index (χ1v) is 10.3. The third-order valence-corrected chi connectivity index (χ3v) is 6.51. The molecule has 1 atom stereocenters. The molecular formula is C17H21ClN4O4S. The summed E-state index contributed by atoms with van der Waals surface area (Å²) in [6.07, 6.45) is 4.12. The zero-order chi connectivity index (χ0) is 19.6. The van der Waals surface area contributed by atoms with E-state index >= 15 is 0 Å². The minimum atomic E-state index is -3.71. The fourth-order valence-corrected chi connectivity index (χ4v) is 4.77. The highest BCUT2D eigenvalue weighted by Crippen LogP contribution is 2.28. The molecule has 0 aliphatic carbocycles. The monoisotopic (exact) mass is 412 g/mol. The number of nitrogens with one attached hydrogen (secondary N) is 1. The number of ether oxygens (including phenoxy) is 1. The molecule has 1 aliphatic heterocycles. The van der Waals surface area contributed by atoms with Gasteiger partial charge in [0.25, 0.3) is 10.0 Å². The number of carbonyl (C=O) groups is 1. The molecule has 0 bridgehead atoms. The Morgan fingerprint density at radius 3 is 2.81 bits per heavy atom. The van der Waals surface area contributed by atoms with Crippen LogP contribution in [0.25, 0.3) is 0 Å². The van der Waals surface area contributed by atoms with E-state index in [2.05, 4.69) is 10.3 Å². The third-order valence-electron chi connectivity index (χ3n) is 4.46. The lowest BCUT2D eigenvalue weighted by Gasteiger charge is -2.30. The van der Waals surface area contributed by atoms with Gasteiger partial charge in [-0.2, -0.15) is 4.31 Å². The normalized spacial score (nSPS) is 18.3. The Morgan fingerprint density at radius 1 is 1.41 bits per heavy atom. The number of halogens is 1. The Labute approximate surface area is 163 Å². The maximum absolute atomic E-state index is 12.7. The van der Waals surface area contributed by atoms with Gasteiger partial charge in [-0.3, -0.25) is 4.79 Å². The van der Waals surface area contributed by atoms with Crippen LogP contribution in [0.15, 0.2) is 35.7 Å². The van der Waals surface area contributed by atoms with E-state index < -0.39 is 15.9 Å². The highest BCUT2D eigenvalue weighted by molar-refractivity contribution is 7.89. The largest absolute Gasteiger partial charge is 0.495 e. The fraction of sp³-hybridized carbons (Fsp3) is 0.412. The minimum Gasteiger partial charge on any atom is -0.495 e. The van der Waals surface area contributed by atoms with Crippen LogP contribution in [0.2, 0.25) is 5.02 Å². The molecule has 1 saturated heterocycles. The molecule has 1 aromatic carbocycles. The summed E-state index contributed by atoms with van der Waals surface area (Å²) in [6, 6.07) is 4.95. The number of aryl methyl sites for hydroxylation is 1. The van der Waals surface area contributed by atoms with Crippen molar-refractivity contribution in [2.45, 2.75) is 17.9 Å². The Morgan fingerprint density at radius 2 is 2.19 bits per heavy atom. The van der Waals surface area contributed by atoms with Crippen molar-refractivity contribution in [1.82, 2.24) is 13.9 Å². The van der Waals surface area contributed by atoms with Gasteiger partial charge < -0.3 is 14.6 Å². The van der Waals surface area contributed by atoms with E-state index in [-0.39, 0.29) is 17.5 Å². The molecule has 1 fully saturated rings. The van der Waals surface area contributed by atoms with Crippen LogP contribution in [0.5, 0.6) is 5.75 Å². The summed E-state index contributed by atoms with van der Waals surface area (Å²) in [5, 5.41) is 3.18. The molecule has 27 heavy (non-hydrogen) atoms. The lowest BCUT2D eigenvalue weighted by atomic mass is 9.98. The zero-order valence-corrected chi connectivity index (χ0v) is 16.6. The molecule has 0 saturated carbocycles. The van der Waals surface area contributed by atoms with Crippen LogP contribution >= 0.6 is 11.6 Å². The van der Waals surface area contributed by atoms with Crippen molar-refractivity contribution in [2.24, 2.45) is 13.0 Å². The van der Waals surface area contributed by atoms with Crippen LogP contribution in [-0.4, -0.2) is 48.4 Å². The number of nitrogens with zero attached hydrogens (tertiary/aromatic N) is 3. The summed E-state index contributed by atoms with van der Waals surface area (Å²) in [4.78, 5) is 16.6. The van der Waals surface area contributed by atoms with E-state index in [1.807, 2.05) is 0 Å². The third kappa shape index (κ3) is 4.26. The smallest absolute Gasteiger partial charge is 0.262 e. The van der Waals surface area contributed by atoms with Crippen molar-refractivity contribution >= 4 is 33.2 Å². The van der Waals surface area contributed by atoms with Crippen LogP contribution < -0.4 is 10.1 Å². The molecule has 2 aromatic rings. The highest BCUT2D eigenvalue weighted by Gasteiger charge is 2.34.